The van der Waals surface area contributed by atoms with Crippen molar-refractivity contribution in [2.45, 2.75) is 18.4 Å². The molecule has 0 amide bonds. The summed E-state index contributed by atoms with van der Waals surface area (Å²) in [6, 6.07) is 14.1. The summed E-state index contributed by atoms with van der Waals surface area (Å²) in [5.41, 5.74) is 1.78. The Hall–Kier alpha value is -2.28. The summed E-state index contributed by atoms with van der Waals surface area (Å²) in [5, 5.41) is 13.1. The molecule has 3 saturated heterocycles. The van der Waals surface area contributed by atoms with Gasteiger partial charge in [-0.15, -0.1) is 0 Å². The van der Waals surface area contributed by atoms with Gasteiger partial charge in [0.2, 0.25) is 0 Å². The van der Waals surface area contributed by atoms with Crippen molar-refractivity contribution in [3.63, 3.8) is 0 Å². The van der Waals surface area contributed by atoms with Crippen LogP contribution in [0, 0.1) is 17.8 Å². The molecule has 3 aliphatic rings. The summed E-state index contributed by atoms with van der Waals surface area (Å²) < 4.78 is 5.92. The monoisotopic (exact) mass is 317 g/mol. The molecule has 0 aliphatic carbocycles. The van der Waals surface area contributed by atoms with Crippen molar-refractivity contribution in [3.8, 4) is 11.8 Å². The van der Waals surface area contributed by atoms with Crippen LogP contribution in [-0.4, -0.2) is 35.2 Å². The molecule has 0 spiro atoms. The number of fused-ring (bicyclic) bond motifs is 6. The molecule has 6 rings (SSSR count). The highest BCUT2D eigenvalue weighted by Crippen LogP contribution is 2.35. The lowest BCUT2D eigenvalue weighted by Gasteiger charge is -2.47. The third-order valence-electron chi connectivity index (χ3n) is 5.53. The molecule has 2 aromatic carbocycles. The van der Waals surface area contributed by atoms with E-state index in [1.165, 1.54) is 0 Å². The number of benzene rings is 2. The van der Waals surface area contributed by atoms with Gasteiger partial charge < -0.3 is 9.52 Å². The van der Waals surface area contributed by atoms with E-state index in [0.29, 0.717) is 12.5 Å². The second-order valence-electron chi connectivity index (χ2n) is 7.03. The van der Waals surface area contributed by atoms with Crippen LogP contribution in [0.4, 0.5) is 0 Å². The Morgan fingerprint density at radius 2 is 1.83 bits per heavy atom. The average molecular weight is 317 g/mol. The van der Waals surface area contributed by atoms with Crippen molar-refractivity contribution in [1.29, 1.82) is 0 Å². The third-order valence-corrected chi connectivity index (χ3v) is 5.53. The molecule has 1 aromatic heterocycles. The van der Waals surface area contributed by atoms with Gasteiger partial charge >= 0.3 is 0 Å². The largest absolute Gasteiger partial charge is 0.456 e. The molecule has 3 nitrogen and oxygen atoms in total. The van der Waals surface area contributed by atoms with Gasteiger partial charge in [-0.25, -0.2) is 0 Å². The number of rotatable bonds is 0. The Bertz CT molecular complexity index is 985. The quantitative estimate of drug-likeness (QED) is 0.646. The molecule has 3 heteroatoms. The van der Waals surface area contributed by atoms with Gasteiger partial charge in [-0.3, -0.25) is 4.90 Å². The minimum Gasteiger partial charge on any atom is -0.456 e. The van der Waals surface area contributed by atoms with Crippen LogP contribution >= 0.6 is 0 Å². The maximum absolute atomic E-state index is 10.9. The molecule has 120 valence electrons. The second kappa shape index (κ2) is 5.11. The molecular formula is C21H19NO2. The SMILES string of the molecule is OC1(C#Cc2ccc3c(c2)oc2ccccc23)CN2CCC1CC2. The van der Waals surface area contributed by atoms with E-state index in [0.717, 1.165) is 53.4 Å². The van der Waals surface area contributed by atoms with Gasteiger partial charge in [-0.05, 0) is 50.2 Å². The number of piperidine rings is 3. The Kier molecular flexibility index (Phi) is 3.00. The van der Waals surface area contributed by atoms with Crippen molar-refractivity contribution in [1.82, 2.24) is 4.90 Å². The first-order chi connectivity index (χ1) is 11.7. The van der Waals surface area contributed by atoms with Gasteiger partial charge in [-0.2, -0.15) is 0 Å². The Morgan fingerprint density at radius 3 is 2.62 bits per heavy atom. The standard InChI is InChI=1S/C21H19NO2/c23-21(14-22-11-8-16(21)9-12-22)10-7-15-5-6-18-17-3-1-2-4-19(17)24-20(18)13-15/h1-6,13,16,23H,8-9,11-12,14H2. The summed E-state index contributed by atoms with van der Waals surface area (Å²) in [7, 11) is 0. The second-order valence-corrected chi connectivity index (χ2v) is 7.03. The zero-order chi connectivity index (χ0) is 16.1. The van der Waals surface area contributed by atoms with Crippen molar-refractivity contribution in [2.24, 2.45) is 5.92 Å². The number of aliphatic hydroxyl groups is 1. The lowest BCUT2D eigenvalue weighted by molar-refractivity contribution is -0.0713. The van der Waals surface area contributed by atoms with Crippen molar-refractivity contribution >= 4 is 21.9 Å². The van der Waals surface area contributed by atoms with Crippen LogP contribution in [0.25, 0.3) is 21.9 Å². The van der Waals surface area contributed by atoms with Crippen LogP contribution in [0.15, 0.2) is 46.9 Å². The number of furan rings is 1. The first-order valence-electron chi connectivity index (χ1n) is 8.60. The topological polar surface area (TPSA) is 36.6 Å². The summed E-state index contributed by atoms with van der Waals surface area (Å²) >= 11 is 0. The first kappa shape index (κ1) is 14.1. The fourth-order valence-corrected chi connectivity index (χ4v) is 4.16. The minimum absolute atomic E-state index is 0.310. The lowest BCUT2D eigenvalue weighted by Crippen LogP contribution is -2.58. The molecule has 0 saturated carbocycles. The summed E-state index contributed by atoms with van der Waals surface area (Å²) in [6.07, 6.45) is 2.10. The molecule has 3 fully saturated rings. The van der Waals surface area contributed by atoms with E-state index < -0.39 is 5.60 Å². The molecule has 24 heavy (non-hydrogen) atoms. The fourth-order valence-electron chi connectivity index (χ4n) is 4.16. The first-order valence-corrected chi connectivity index (χ1v) is 8.60. The van der Waals surface area contributed by atoms with Gasteiger partial charge in [0, 0.05) is 28.8 Å². The average Bonchev–Trinajstić information content (AvgIpc) is 2.98. The van der Waals surface area contributed by atoms with Crippen LogP contribution < -0.4 is 0 Å². The Morgan fingerprint density at radius 1 is 1.04 bits per heavy atom. The molecule has 3 aromatic rings. The van der Waals surface area contributed by atoms with E-state index in [2.05, 4.69) is 28.9 Å². The van der Waals surface area contributed by atoms with E-state index >= 15 is 0 Å². The lowest BCUT2D eigenvalue weighted by atomic mass is 9.76. The highest BCUT2D eigenvalue weighted by molar-refractivity contribution is 6.05. The van der Waals surface area contributed by atoms with Crippen LogP contribution in [0.5, 0.6) is 0 Å². The van der Waals surface area contributed by atoms with Crippen LogP contribution in [0.2, 0.25) is 0 Å². The van der Waals surface area contributed by atoms with E-state index in [1.54, 1.807) is 0 Å². The summed E-state index contributed by atoms with van der Waals surface area (Å²) in [4.78, 5) is 2.32. The molecule has 1 unspecified atom stereocenters. The molecule has 1 N–H and O–H groups in total. The molecule has 3 aliphatic heterocycles. The molecular weight excluding hydrogens is 298 g/mol. The van der Waals surface area contributed by atoms with Crippen LogP contribution in [-0.2, 0) is 0 Å². The maximum Gasteiger partial charge on any atom is 0.141 e. The molecule has 4 heterocycles. The van der Waals surface area contributed by atoms with Crippen molar-refractivity contribution in [3.05, 3.63) is 48.0 Å². The fraction of sp³-hybridized carbons (Fsp3) is 0.333. The highest BCUT2D eigenvalue weighted by Gasteiger charge is 2.44. The third kappa shape index (κ3) is 2.15. The number of nitrogens with zero attached hydrogens (tertiary/aromatic N) is 1. The van der Waals surface area contributed by atoms with E-state index in [9.17, 15) is 5.11 Å². The summed E-state index contributed by atoms with van der Waals surface area (Å²) in [6.45, 7) is 2.87. The number of hydrogen-bond donors (Lipinski definition) is 1. The molecule has 0 radical (unpaired) electrons. The normalized spacial score (nSPS) is 28.9. The highest BCUT2D eigenvalue weighted by atomic mass is 16.3. The van der Waals surface area contributed by atoms with E-state index in [-0.39, 0.29) is 0 Å². The van der Waals surface area contributed by atoms with Gasteiger partial charge in [0.05, 0.1) is 0 Å². The zero-order valence-corrected chi connectivity index (χ0v) is 13.5. The molecule has 2 bridgehead atoms. The Labute approximate surface area is 140 Å². The number of hydrogen-bond acceptors (Lipinski definition) is 3. The van der Waals surface area contributed by atoms with E-state index in [4.69, 9.17) is 4.42 Å². The predicted octanol–water partition coefficient (Wildman–Crippen LogP) is 3.39. The van der Waals surface area contributed by atoms with Gasteiger partial charge in [0.25, 0.3) is 0 Å². The Balaban J connectivity index is 1.53. The number of para-hydroxylation sites is 1. The predicted molar refractivity (Wildman–Crippen MR) is 94.7 cm³/mol. The van der Waals surface area contributed by atoms with Gasteiger partial charge in [-0.1, -0.05) is 30.0 Å². The van der Waals surface area contributed by atoms with Gasteiger partial charge in [0.15, 0.2) is 0 Å². The smallest absolute Gasteiger partial charge is 0.141 e. The van der Waals surface area contributed by atoms with Crippen LogP contribution in [0.1, 0.15) is 18.4 Å². The molecule has 1 atom stereocenters. The summed E-state index contributed by atoms with van der Waals surface area (Å²) in [5.74, 6) is 6.67. The van der Waals surface area contributed by atoms with E-state index in [1.807, 2.05) is 30.3 Å². The maximum atomic E-state index is 10.9. The van der Waals surface area contributed by atoms with Crippen molar-refractivity contribution < 1.29 is 9.52 Å². The minimum atomic E-state index is -0.862. The zero-order valence-electron chi connectivity index (χ0n) is 13.5. The van der Waals surface area contributed by atoms with Crippen LogP contribution in [0.3, 0.4) is 0 Å². The van der Waals surface area contributed by atoms with Gasteiger partial charge in [0.1, 0.15) is 16.8 Å². The van der Waals surface area contributed by atoms with Crippen molar-refractivity contribution in [2.75, 3.05) is 19.6 Å².